The standard InChI is InChI=1S/C23H25N3O3/c27-21(18-9-5-2-6-10-18)19-11-13-25(14-12-19)16-26-22(28)20(24-23(26)29)15-17-7-3-1-4-8-17/h1-10,19-20H,11-16H2,(H,24,29). The summed E-state index contributed by atoms with van der Waals surface area (Å²) in [6, 6.07) is 18.2. The lowest BCUT2D eigenvalue weighted by atomic mass is 9.89. The first-order valence-corrected chi connectivity index (χ1v) is 10.1. The number of piperidine rings is 1. The summed E-state index contributed by atoms with van der Waals surface area (Å²) in [5.41, 5.74) is 1.78. The summed E-state index contributed by atoms with van der Waals surface area (Å²) in [5.74, 6) is 0.00657. The van der Waals surface area contributed by atoms with Crippen LogP contribution >= 0.6 is 0 Å². The molecule has 2 heterocycles. The zero-order valence-electron chi connectivity index (χ0n) is 16.3. The molecule has 2 aliphatic heterocycles. The topological polar surface area (TPSA) is 69.7 Å². The molecule has 0 aliphatic carbocycles. The molecule has 2 saturated heterocycles. The molecule has 6 heteroatoms. The normalized spacial score (nSPS) is 20.7. The summed E-state index contributed by atoms with van der Waals surface area (Å²) in [6.45, 7) is 1.68. The molecule has 2 aliphatic rings. The van der Waals surface area contributed by atoms with Crippen LogP contribution in [0, 0.1) is 5.92 Å². The van der Waals surface area contributed by atoms with Crippen LogP contribution in [0.4, 0.5) is 4.79 Å². The molecule has 150 valence electrons. The fourth-order valence-electron chi connectivity index (χ4n) is 4.07. The number of likely N-dealkylation sites (tertiary alicyclic amines) is 1. The van der Waals surface area contributed by atoms with E-state index in [1.165, 1.54) is 4.90 Å². The number of amides is 3. The third kappa shape index (κ3) is 4.38. The van der Waals surface area contributed by atoms with Crippen LogP contribution in [0.1, 0.15) is 28.8 Å². The smallest absolute Gasteiger partial charge is 0.325 e. The van der Waals surface area contributed by atoms with Crippen molar-refractivity contribution in [2.75, 3.05) is 19.8 Å². The van der Waals surface area contributed by atoms with Crippen LogP contribution in [0.3, 0.4) is 0 Å². The highest BCUT2D eigenvalue weighted by Gasteiger charge is 2.39. The van der Waals surface area contributed by atoms with Crippen molar-refractivity contribution in [2.45, 2.75) is 25.3 Å². The first-order valence-electron chi connectivity index (χ1n) is 10.1. The van der Waals surface area contributed by atoms with Gasteiger partial charge in [0.15, 0.2) is 5.78 Å². The predicted octanol–water partition coefficient (Wildman–Crippen LogP) is 2.70. The largest absolute Gasteiger partial charge is 0.325 e. The minimum atomic E-state index is -0.512. The van der Waals surface area contributed by atoms with E-state index in [4.69, 9.17) is 0 Å². The summed E-state index contributed by atoms with van der Waals surface area (Å²) < 4.78 is 0. The van der Waals surface area contributed by atoms with Gasteiger partial charge in [0.25, 0.3) is 5.91 Å². The number of rotatable bonds is 6. The van der Waals surface area contributed by atoms with Gasteiger partial charge in [0.05, 0.1) is 6.67 Å². The minimum Gasteiger partial charge on any atom is -0.325 e. The molecule has 1 unspecified atom stereocenters. The van der Waals surface area contributed by atoms with Crippen LogP contribution in [-0.2, 0) is 11.2 Å². The molecule has 0 saturated carbocycles. The average Bonchev–Trinajstić information content (AvgIpc) is 3.02. The van der Waals surface area contributed by atoms with Gasteiger partial charge < -0.3 is 5.32 Å². The number of benzene rings is 2. The number of ketones is 1. The fourth-order valence-corrected chi connectivity index (χ4v) is 4.07. The highest BCUT2D eigenvalue weighted by atomic mass is 16.2. The minimum absolute atomic E-state index is 0.00239. The van der Waals surface area contributed by atoms with Crippen molar-refractivity contribution in [3.63, 3.8) is 0 Å². The summed E-state index contributed by atoms with van der Waals surface area (Å²) >= 11 is 0. The van der Waals surface area contributed by atoms with E-state index in [1.54, 1.807) is 0 Å². The molecule has 0 bridgehead atoms. The lowest BCUT2D eigenvalue weighted by molar-refractivity contribution is -0.129. The van der Waals surface area contributed by atoms with Crippen LogP contribution in [-0.4, -0.2) is 53.3 Å². The fraction of sp³-hybridized carbons (Fsp3) is 0.348. The lowest BCUT2D eigenvalue weighted by Crippen LogP contribution is -2.46. The van der Waals surface area contributed by atoms with Gasteiger partial charge in [0.2, 0.25) is 0 Å². The molecular weight excluding hydrogens is 366 g/mol. The van der Waals surface area contributed by atoms with Crippen LogP contribution in [0.2, 0.25) is 0 Å². The highest BCUT2D eigenvalue weighted by Crippen LogP contribution is 2.23. The van der Waals surface area contributed by atoms with E-state index in [1.807, 2.05) is 60.7 Å². The SMILES string of the molecule is O=C(c1ccccc1)C1CCN(CN2C(=O)NC(Cc3ccccc3)C2=O)CC1. The number of urea groups is 1. The van der Waals surface area contributed by atoms with Gasteiger partial charge in [-0.25, -0.2) is 9.69 Å². The van der Waals surface area contributed by atoms with Gasteiger partial charge in [-0.3, -0.25) is 14.5 Å². The van der Waals surface area contributed by atoms with Crippen molar-refractivity contribution >= 4 is 17.7 Å². The van der Waals surface area contributed by atoms with E-state index < -0.39 is 6.04 Å². The second-order valence-corrected chi connectivity index (χ2v) is 7.72. The third-order valence-electron chi connectivity index (χ3n) is 5.75. The quantitative estimate of drug-likeness (QED) is 0.607. The van der Waals surface area contributed by atoms with E-state index in [0.717, 1.165) is 24.0 Å². The molecule has 0 spiro atoms. The maximum atomic E-state index is 12.7. The molecule has 2 aromatic carbocycles. The van der Waals surface area contributed by atoms with Gasteiger partial charge in [-0.1, -0.05) is 60.7 Å². The number of nitrogens with one attached hydrogen (secondary N) is 1. The first kappa shape index (κ1) is 19.3. The maximum Gasteiger partial charge on any atom is 0.325 e. The van der Waals surface area contributed by atoms with Gasteiger partial charge in [0, 0.05) is 31.0 Å². The number of carbonyl (C=O) groups is 3. The number of hydrogen-bond donors (Lipinski definition) is 1. The Hall–Kier alpha value is -2.99. The lowest BCUT2D eigenvalue weighted by Gasteiger charge is -2.33. The van der Waals surface area contributed by atoms with E-state index in [-0.39, 0.29) is 30.3 Å². The van der Waals surface area contributed by atoms with E-state index in [9.17, 15) is 14.4 Å². The van der Waals surface area contributed by atoms with E-state index in [2.05, 4.69) is 10.2 Å². The summed E-state index contributed by atoms with van der Waals surface area (Å²) in [7, 11) is 0. The van der Waals surface area contributed by atoms with Crippen molar-refractivity contribution in [1.82, 2.24) is 15.1 Å². The van der Waals surface area contributed by atoms with Crippen molar-refractivity contribution in [3.8, 4) is 0 Å². The molecule has 29 heavy (non-hydrogen) atoms. The predicted molar refractivity (Wildman–Crippen MR) is 109 cm³/mol. The van der Waals surface area contributed by atoms with Crippen LogP contribution in [0.25, 0.3) is 0 Å². The summed E-state index contributed by atoms with van der Waals surface area (Å²) in [4.78, 5) is 41.0. The molecular formula is C23H25N3O3. The molecule has 6 nitrogen and oxygen atoms in total. The van der Waals surface area contributed by atoms with Crippen LogP contribution in [0.15, 0.2) is 60.7 Å². The van der Waals surface area contributed by atoms with Gasteiger partial charge in [-0.15, -0.1) is 0 Å². The average molecular weight is 391 g/mol. The molecule has 0 radical (unpaired) electrons. The Morgan fingerprint density at radius 3 is 2.21 bits per heavy atom. The second-order valence-electron chi connectivity index (χ2n) is 7.72. The number of nitrogens with zero attached hydrogens (tertiary/aromatic N) is 2. The Morgan fingerprint density at radius 1 is 0.931 bits per heavy atom. The zero-order valence-corrected chi connectivity index (χ0v) is 16.3. The zero-order chi connectivity index (χ0) is 20.2. The Labute approximate surface area is 170 Å². The summed E-state index contributed by atoms with van der Waals surface area (Å²) in [5, 5.41) is 2.80. The number of imide groups is 1. The van der Waals surface area contributed by atoms with Crippen LogP contribution < -0.4 is 5.32 Å². The molecule has 3 amide bonds. The van der Waals surface area contributed by atoms with Crippen LogP contribution in [0.5, 0.6) is 0 Å². The Balaban J connectivity index is 1.30. The third-order valence-corrected chi connectivity index (χ3v) is 5.75. The second kappa shape index (κ2) is 8.57. The molecule has 1 N–H and O–H groups in total. The maximum absolute atomic E-state index is 12.7. The Morgan fingerprint density at radius 2 is 1.55 bits per heavy atom. The van der Waals surface area contributed by atoms with Gasteiger partial charge in [-0.2, -0.15) is 0 Å². The van der Waals surface area contributed by atoms with E-state index in [0.29, 0.717) is 19.5 Å². The molecule has 4 rings (SSSR count). The van der Waals surface area contributed by atoms with E-state index >= 15 is 0 Å². The highest BCUT2D eigenvalue weighted by molar-refractivity contribution is 6.04. The van der Waals surface area contributed by atoms with Gasteiger partial charge in [0.1, 0.15) is 6.04 Å². The Kier molecular flexibility index (Phi) is 5.71. The van der Waals surface area contributed by atoms with Gasteiger partial charge >= 0.3 is 6.03 Å². The Bertz CT molecular complexity index is 877. The molecule has 2 aromatic rings. The molecule has 2 fully saturated rings. The molecule has 0 aromatic heterocycles. The monoisotopic (exact) mass is 391 g/mol. The number of carbonyl (C=O) groups excluding carboxylic acids is 3. The van der Waals surface area contributed by atoms with Crippen molar-refractivity contribution < 1.29 is 14.4 Å². The number of hydrogen-bond acceptors (Lipinski definition) is 4. The van der Waals surface area contributed by atoms with Crippen molar-refractivity contribution in [3.05, 3.63) is 71.8 Å². The summed E-state index contributed by atoms with van der Waals surface area (Å²) in [6.07, 6.45) is 1.98. The van der Waals surface area contributed by atoms with Crippen molar-refractivity contribution in [2.24, 2.45) is 5.92 Å². The molecule has 1 atom stereocenters. The van der Waals surface area contributed by atoms with Gasteiger partial charge in [-0.05, 0) is 18.4 Å². The number of Topliss-reactive ketones (excluding diaryl/α,β-unsaturated/α-hetero) is 1. The first-order chi connectivity index (χ1) is 14.1. The van der Waals surface area contributed by atoms with Crippen molar-refractivity contribution in [1.29, 1.82) is 0 Å².